The molecule has 82 valence electrons. The molecule has 0 saturated heterocycles. The average molecular weight is 221 g/mol. The van der Waals surface area contributed by atoms with Gasteiger partial charge in [-0.05, 0) is 31.5 Å². The van der Waals surface area contributed by atoms with E-state index >= 15 is 0 Å². The van der Waals surface area contributed by atoms with E-state index in [1.165, 1.54) is 0 Å². The molecule has 4 nitrogen and oxygen atoms in total. The number of nitrogens with two attached hydrogens (primary N) is 2. The number of aliphatic hydroxyl groups is 1. The quantitative estimate of drug-likeness (QED) is 0.689. The second kappa shape index (κ2) is 6.84. The first-order valence-corrected chi connectivity index (χ1v) is 4.43. The summed E-state index contributed by atoms with van der Waals surface area (Å²) in [4.78, 5) is 0. The highest BCUT2D eigenvalue weighted by atomic mass is 35.5. The average Bonchev–Trinajstić information content (AvgIpc) is 2.62. The van der Waals surface area contributed by atoms with Gasteiger partial charge in [0.1, 0.15) is 18.1 Å². The third-order valence-corrected chi connectivity index (χ3v) is 1.92. The maximum Gasteiger partial charge on any atom is 0.129 e. The fraction of sp³-hybridized carbons (Fsp3) is 0.556. The van der Waals surface area contributed by atoms with Gasteiger partial charge in [0.15, 0.2) is 0 Å². The van der Waals surface area contributed by atoms with Gasteiger partial charge in [-0.1, -0.05) is 0 Å². The van der Waals surface area contributed by atoms with Crippen LogP contribution >= 0.6 is 12.4 Å². The van der Waals surface area contributed by atoms with E-state index in [9.17, 15) is 0 Å². The van der Waals surface area contributed by atoms with Crippen LogP contribution in [0.5, 0.6) is 0 Å². The Kier molecular flexibility index (Phi) is 6.57. The highest BCUT2D eigenvalue weighted by Gasteiger charge is 2.09. The van der Waals surface area contributed by atoms with Crippen LogP contribution in [0, 0.1) is 0 Å². The van der Waals surface area contributed by atoms with E-state index in [1.54, 1.807) is 12.1 Å². The number of hydrogen-bond acceptors (Lipinski definition) is 4. The molecule has 1 aromatic heterocycles. The van der Waals surface area contributed by atoms with Crippen molar-refractivity contribution in [2.75, 3.05) is 6.54 Å². The molecule has 0 aliphatic rings. The van der Waals surface area contributed by atoms with Gasteiger partial charge in [0.05, 0.1) is 6.04 Å². The van der Waals surface area contributed by atoms with Crippen LogP contribution < -0.4 is 11.5 Å². The van der Waals surface area contributed by atoms with Gasteiger partial charge >= 0.3 is 0 Å². The smallest absolute Gasteiger partial charge is 0.129 e. The highest BCUT2D eigenvalue weighted by molar-refractivity contribution is 5.85. The standard InChI is InChI=1S/C9H16N2O2.ClH/c10-5-1-2-8(11)9-4-3-7(6-12)13-9;/h3-4,8,12H,1-2,5-6,10-11H2;1H/t8-;/m1./s1. The van der Waals surface area contributed by atoms with E-state index in [4.69, 9.17) is 21.0 Å². The molecule has 0 unspecified atom stereocenters. The molecule has 1 atom stereocenters. The van der Waals surface area contributed by atoms with Gasteiger partial charge < -0.3 is 21.0 Å². The largest absolute Gasteiger partial charge is 0.462 e. The Morgan fingerprint density at radius 1 is 1.43 bits per heavy atom. The summed E-state index contributed by atoms with van der Waals surface area (Å²) in [5, 5.41) is 8.75. The molecule has 0 aliphatic heterocycles. The lowest BCUT2D eigenvalue weighted by atomic mass is 10.1. The van der Waals surface area contributed by atoms with E-state index < -0.39 is 0 Å². The molecule has 0 aliphatic carbocycles. The topological polar surface area (TPSA) is 85.4 Å². The van der Waals surface area contributed by atoms with E-state index in [1.807, 2.05) is 0 Å². The Hall–Kier alpha value is -0.550. The highest BCUT2D eigenvalue weighted by Crippen LogP contribution is 2.18. The molecule has 0 amide bonds. The van der Waals surface area contributed by atoms with Crippen LogP contribution in [0.1, 0.15) is 30.4 Å². The first-order valence-electron chi connectivity index (χ1n) is 4.43. The third-order valence-electron chi connectivity index (χ3n) is 1.92. The van der Waals surface area contributed by atoms with Gasteiger partial charge in [-0.3, -0.25) is 0 Å². The third kappa shape index (κ3) is 3.67. The van der Waals surface area contributed by atoms with Gasteiger partial charge in [-0.15, -0.1) is 12.4 Å². The summed E-state index contributed by atoms with van der Waals surface area (Å²) >= 11 is 0. The van der Waals surface area contributed by atoms with Crippen LogP contribution in [0.25, 0.3) is 0 Å². The van der Waals surface area contributed by atoms with Crippen LogP contribution in [0.4, 0.5) is 0 Å². The summed E-state index contributed by atoms with van der Waals surface area (Å²) in [6, 6.07) is 3.42. The van der Waals surface area contributed by atoms with Crippen LogP contribution in [0.15, 0.2) is 16.5 Å². The van der Waals surface area contributed by atoms with Crippen molar-refractivity contribution in [1.29, 1.82) is 0 Å². The maximum atomic E-state index is 8.75. The summed E-state index contributed by atoms with van der Waals surface area (Å²) in [6.07, 6.45) is 1.70. The Labute approximate surface area is 89.7 Å². The second-order valence-electron chi connectivity index (χ2n) is 3.00. The zero-order valence-electron chi connectivity index (χ0n) is 7.98. The minimum Gasteiger partial charge on any atom is -0.462 e. The van der Waals surface area contributed by atoms with Gasteiger partial charge in [0, 0.05) is 0 Å². The predicted molar refractivity (Wildman–Crippen MR) is 57.1 cm³/mol. The van der Waals surface area contributed by atoms with Crippen LogP contribution in [0.2, 0.25) is 0 Å². The monoisotopic (exact) mass is 220 g/mol. The number of rotatable bonds is 5. The fourth-order valence-electron chi connectivity index (χ4n) is 1.16. The van der Waals surface area contributed by atoms with Crippen molar-refractivity contribution in [2.45, 2.75) is 25.5 Å². The Bertz CT molecular complexity index is 253. The minimum absolute atomic E-state index is 0. The molecule has 0 saturated carbocycles. The zero-order valence-corrected chi connectivity index (χ0v) is 8.80. The van der Waals surface area contributed by atoms with E-state index in [0.717, 1.165) is 18.6 Å². The summed E-state index contributed by atoms with van der Waals surface area (Å²) < 4.78 is 5.28. The number of halogens is 1. The summed E-state index contributed by atoms with van der Waals surface area (Å²) in [5.74, 6) is 1.27. The molecule has 0 fully saturated rings. The van der Waals surface area contributed by atoms with Gasteiger partial charge in [-0.25, -0.2) is 0 Å². The number of aliphatic hydroxyl groups excluding tert-OH is 1. The van der Waals surface area contributed by atoms with E-state index in [2.05, 4.69) is 0 Å². The molecular weight excluding hydrogens is 204 g/mol. The number of hydrogen-bond donors (Lipinski definition) is 3. The van der Waals surface area contributed by atoms with Crippen molar-refractivity contribution in [1.82, 2.24) is 0 Å². The molecule has 0 spiro atoms. The normalized spacial score (nSPS) is 12.2. The second-order valence-corrected chi connectivity index (χ2v) is 3.00. The summed E-state index contributed by atoms with van der Waals surface area (Å²) in [7, 11) is 0. The maximum absolute atomic E-state index is 8.75. The molecular formula is C9H17ClN2O2. The van der Waals surface area contributed by atoms with Crippen LogP contribution in [0.3, 0.4) is 0 Å². The van der Waals surface area contributed by atoms with Crippen molar-refractivity contribution in [2.24, 2.45) is 11.5 Å². The van der Waals surface area contributed by atoms with Gasteiger partial charge in [0.25, 0.3) is 0 Å². The Morgan fingerprint density at radius 2 is 2.14 bits per heavy atom. The minimum atomic E-state index is -0.108. The molecule has 1 heterocycles. The van der Waals surface area contributed by atoms with Crippen molar-refractivity contribution < 1.29 is 9.52 Å². The molecule has 0 bridgehead atoms. The van der Waals surface area contributed by atoms with E-state index in [-0.39, 0.29) is 25.1 Å². The molecule has 5 heteroatoms. The molecule has 1 rings (SSSR count). The summed E-state index contributed by atoms with van der Waals surface area (Å²) in [6.45, 7) is 0.560. The zero-order chi connectivity index (χ0) is 9.68. The van der Waals surface area contributed by atoms with Crippen molar-refractivity contribution in [3.05, 3.63) is 23.7 Å². The Morgan fingerprint density at radius 3 is 2.64 bits per heavy atom. The lowest BCUT2D eigenvalue weighted by molar-refractivity contribution is 0.241. The molecule has 14 heavy (non-hydrogen) atoms. The summed E-state index contributed by atoms with van der Waals surface area (Å²) in [5.41, 5.74) is 11.2. The number of furan rings is 1. The van der Waals surface area contributed by atoms with Crippen molar-refractivity contribution >= 4 is 12.4 Å². The van der Waals surface area contributed by atoms with Gasteiger partial charge in [0.2, 0.25) is 0 Å². The predicted octanol–water partition coefficient (Wildman–Crippen LogP) is 0.932. The van der Waals surface area contributed by atoms with Crippen molar-refractivity contribution in [3.63, 3.8) is 0 Å². The van der Waals surface area contributed by atoms with Crippen LogP contribution in [-0.4, -0.2) is 11.7 Å². The fourth-order valence-corrected chi connectivity index (χ4v) is 1.16. The van der Waals surface area contributed by atoms with Crippen LogP contribution in [-0.2, 0) is 6.61 Å². The van der Waals surface area contributed by atoms with Gasteiger partial charge in [-0.2, -0.15) is 0 Å². The molecule has 0 aromatic carbocycles. The molecule has 1 aromatic rings. The first kappa shape index (κ1) is 13.4. The van der Waals surface area contributed by atoms with Crippen molar-refractivity contribution in [3.8, 4) is 0 Å². The lowest BCUT2D eigenvalue weighted by Gasteiger charge is -2.06. The first-order chi connectivity index (χ1) is 6.27. The Balaban J connectivity index is 0.00000169. The van der Waals surface area contributed by atoms with E-state index in [0.29, 0.717) is 12.3 Å². The molecule has 0 radical (unpaired) electrons. The lowest BCUT2D eigenvalue weighted by Crippen LogP contribution is -2.11. The molecule has 5 N–H and O–H groups in total. The SMILES string of the molecule is Cl.NCCC[C@@H](N)c1ccc(CO)o1.